The lowest BCUT2D eigenvalue weighted by Crippen LogP contribution is -2.13. The molecule has 0 aliphatic heterocycles. The zero-order valence-electron chi connectivity index (χ0n) is 11.5. The van der Waals surface area contributed by atoms with Crippen molar-refractivity contribution in [2.24, 2.45) is 0 Å². The Labute approximate surface area is 115 Å². The number of nitrogens with zero attached hydrogens (tertiary/aromatic N) is 2. The molecule has 0 radical (unpaired) electrons. The molecular formula is C14H15N5O. The summed E-state index contributed by atoms with van der Waals surface area (Å²) in [6, 6.07) is 3.88. The van der Waals surface area contributed by atoms with Crippen molar-refractivity contribution in [2.75, 3.05) is 5.32 Å². The van der Waals surface area contributed by atoms with Crippen molar-refractivity contribution in [2.45, 2.75) is 20.8 Å². The molecule has 1 amide bonds. The van der Waals surface area contributed by atoms with E-state index >= 15 is 0 Å². The number of nitrogens with one attached hydrogen (secondary N) is 3. The summed E-state index contributed by atoms with van der Waals surface area (Å²) in [5, 5.41) is 10.6. The van der Waals surface area contributed by atoms with Gasteiger partial charge in [-0.25, -0.2) is 4.98 Å². The van der Waals surface area contributed by atoms with Crippen LogP contribution in [0, 0.1) is 20.8 Å². The van der Waals surface area contributed by atoms with Crippen molar-refractivity contribution in [1.82, 2.24) is 20.2 Å². The molecular weight excluding hydrogens is 254 g/mol. The monoisotopic (exact) mass is 269 g/mol. The van der Waals surface area contributed by atoms with Gasteiger partial charge in [-0.3, -0.25) is 9.89 Å². The fourth-order valence-electron chi connectivity index (χ4n) is 2.12. The second-order valence-corrected chi connectivity index (χ2v) is 4.89. The molecule has 3 rings (SSSR count). The first-order chi connectivity index (χ1) is 9.54. The largest absolute Gasteiger partial charge is 0.344 e. The highest BCUT2D eigenvalue weighted by atomic mass is 16.1. The van der Waals surface area contributed by atoms with Gasteiger partial charge in [-0.15, -0.1) is 0 Å². The van der Waals surface area contributed by atoms with E-state index in [-0.39, 0.29) is 5.91 Å². The fourth-order valence-corrected chi connectivity index (χ4v) is 2.12. The molecule has 3 heterocycles. The number of aryl methyl sites for hydroxylation is 2. The predicted octanol–water partition coefficient (Wildman–Crippen LogP) is 2.46. The summed E-state index contributed by atoms with van der Waals surface area (Å²) in [5.74, 6) is -0.236. The number of fused-ring (bicyclic) bond motifs is 1. The lowest BCUT2D eigenvalue weighted by atomic mass is 10.2. The van der Waals surface area contributed by atoms with Crippen LogP contribution in [-0.2, 0) is 0 Å². The van der Waals surface area contributed by atoms with E-state index in [1.54, 1.807) is 6.20 Å². The molecule has 0 saturated heterocycles. The number of aromatic amines is 2. The smallest absolute Gasteiger partial charge is 0.276 e. The highest BCUT2D eigenvalue weighted by Gasteiger charge is 2.14. The molecule has 0 unspecified atom stereocenters. The third-order valence-electron chi connectivity index (χ3n) is 3.33. The van der Waals surface area contributed by atoms with Gasteiger partial charge in [0.05, 0.1) is 11.9 Å². The fraction of sp³-hybridized carbons (Fsp3) is 0.214. The van der Waals surface area contributed by atoms with Gasteiger partial charge in [0.2, 0.25) is 0 Å². The minimum Gasteiger partial charge on any atom is -0.344 e. The Morgan fingerprint density at radius 1 is 1.25 bits per heavy atom. The maximum absolute atomic E-state index is 12.2. The van der Waals surface area contributed by atoms with Crippen molar-refractivity contribution < 1.29 is 4.79 Å². The van der Waals surface area contributed by atoms with E-state index in [4.69, 9.17) is 0 Å². The number of hydrogen-bond acceptors (Lipinski definition) is 3. The molecule has 0 bridgehead atoms. The second-order valence-electron chi connectivity index (χ2n) is 4.89. The maximum Gasteiger partial charge on any atom is 0.276 e. The number of pyridine rings is 1. The van der Waals surface area contributed by atoms with E-state index in [1.807, 2.05) is 32.9 Å². The summed E-state index contributed by atoms with van der Waals surface area (Å²) in [5.41, 5.74) is 4.66. The number of amides is 1. The van der Waals surface area contributed by atoms with Crippen molar-refractivity contribution in [1.29, 1.82) is 0 Å². The molecule has 6 nitrogen and oxygen atoms in total. The van der Waals surface area contributed by atoms with E-state index < -0.39 is 0 Å². The van der Waals surface area contributed by atoms with Gasteiger partial charge in [0.15, 0.2) is 5.69 Å². The third-order valence-corrected chi connectivity index (χ3v) is 3.33. The summed E-state index contributed by atoms with van der Waals surface area (Å²) in [6.45, 7) is 5.72. The minimum atomic E-state index is -0.236. The number of anilines is 1. The summed E-state index contributed by atoms with van der Waals surface area (Å²) in [7, 11) is 0. The number of aromatic nitrogens is 4. The molecule has 3 aromatic heterocycles. The minimum absolute atomic E-state index is 0.236. The normalized spacial score (nSPS) is 10.9. The van der Waals surface area contributed by atoms with Crippen LogP contribution in [-0.4, -0.2) is 26.1 Å². The van der Waals surface area contributed by atoms with Gasteiger partial charge >= 0.3 is 0 Å². The number of carbonyl (C=O) groups excluding carboxylic acids is 1. The lowest BCUT2D eigenvalue weighted by molar-refractivity contribution is 0.102. The van der Waals surface area contributed by atoms with Gasteiger partial charge in [-0.2, -0.15) is 5.10 Å². The van der Waals surface area contributed by atoms with E-state index in [0.717, 1.165) is 28.0 Å². The van der Waals surface area contributed by atoms with Crippen molar-refractivity contribution in [3.8, 4) is 0 Å². The average Bonchev–Trinajstić information content (AvgIpc) is 2.92. The number of H-pyrrole nitrogens is 2. The van der Waals surface area contributed by atoms with Crippen LogP contribution < -0.4 is 5.32 Å². The van der Waals surface area contributed by atoms with Gasteiger partial charge in [-0.05, 0) is 32.9 Å². The van der Waals surface area contributed by atoms with E-state index in [2.05, 4.69) is 25.5 Å². The number of rotatable bonds is 2. The van der Waals surface area contributed by atoms with Crippen LogP contribution in [0.15, 0.2) is 18.3 Å². The molecule has 0 aromatic carbocycles. The molecule has 0 saturated carbocycles. The Hall–Kier alpha value is -2.63. The number of hydrogen-bond donors (Lipinski definition) is 3. The van der Waals surface area contributed by atoms with E-state index in [0.29, 0.717) is 11.4 Å². The summed E-state index contributed by atoms with van der Waals surface area (Å²) >= 11 is 0. The SMILES string of the molecule is Cc1cc2cc(NC(=O)c3n[nH]c(C)c3C)cnc2[nH]1. The molecule has 0 atom stereocenters. The van der Waals surface area contributed by atoms with Crippen molar-refractivity contribution in [3.05, 3.63) is 41.0 Å². The molecule has 0 fully saturated rings. The van der Waals surface area contributed by atoms with Gasteiger partial charge in [0.1, 0.15) is 5.65 Å². The number of carbonyl (C=O) groups is 1. The molecule has 0 aliphatic carbocycles. The molecule has 20 heavy (non-hydrogen) atoms. The first kappa shape index (κ1) is 12.4. The van der Waals surface area contributed by atoms with E-state index in [9.17, 15) is 4.79 Å². The van der Waals surface area contributed by atoms with Crippen LogP contribution in [0.1, 0.15) is 27.4 Å². The second kappa shape index (κ2) is 4.48. The maximum atomic E-state index is 12.2. The molecule has 6 heteroatoms. The first-order valence-electron chi connectivity index (χ1n) is 6.33. The zero-order valence-corrected chi connectivity index (χ0v) is 11.5. The Balaban J connectivity index is 1.88. The van der Waals surface area contributed by atoms with Crippen LogP contribution in [0.3, 0.4) is 0 Å². The molecule has 102 valence electrons. The Kier molecular flexibility index (Phi) is 2.78. The van der Waals surface area contributed by atoms with Crippen LogP contribution >= 0.6 is 0 Å². The molecule has 0 aliphatic rings. The van der Waals surface area contributed by atoms with Crippen LogP contribution in [0.4, 0.5) is 5.69 Å². The lowest BCUT2D eigenvalue weighted by Gasteiger charge is -2.03. The average molecular weight is 269 g/mol. The first-order valence-corrected chi connectivity index (χ1v) is 6.33. The Morgan fingerprint density at radius 2 is 2.05 bits per heavy atom. The summed E-state index contributed by atoms with van der Waals surface area (Å²) in [6.07, 6.45) is 1.63. The topological polar surface area (TPSA) is 86.5 Å². The molecule has 3 N–H and O–H groups in total. The highest BCUT2D eigenvalue weighted by molar-refractivity contribution is 6.04. The third kappa shape index (κ3) is 2.05. The van der Waals surface area contributed by atoms with Gasteiger partial charge in [0, 0.05) is 22.3 Å². The van der Waals surface area contributed by atoms with Crippen LogP contribution in [0.25, 0.3) is 11.0 Å². The predicted molar refractivity (Wildman–Crippen MR) is 76.8 cm³/mol. The molecule has 0 spiro atoms. The van der Waals surface area contributed by atoms with Crippen molar-refractivity contribution >= 4 is 22.6 Å². The van der Waals surface area contributed by atoms with Crippen molar-refractivity contribution in [3.63, 3.8) is 0 Å². The summed E-state index contributed by atoms with van der Waals surface area (Å²) in [4.78, 5) is 19.6. The van der Waals surface area contributed by atoms with Gasteiger partial charge < -0.3 is 10.3 Å². The summed E-state index contributed by atoms with van der Waals surface area (Å²) < 4.78 is 0. The highest BCUT2D eigenvalue weighted by Crippen LogP contribution is 2.18. The Bertz CT molecular complexity index is 799. The zero-order chi connectivity index (χ0) is 14.3. The molecule has 3 aromatic rings. The van der Waals surface area contributed by atoms with Gasteiger partial charge in [-0.1, -0.05) is 0 Å². The standard InChI is InChI=1S/C14H15N5O/c1-7-4-10-5-11(6-15-13(10)16-7)17-14(20)12-8(2)9(3)18-19-12/h4-6H,1-3H3,(H,15,16)(H,17,20)(H,18,19). The van der Waals surface area contributed by atoms with Crippen LogP contribution in [0.5, 0.6) is 0 Å². The Morgan fingerprint density at radius 3 is 2.75 bits per heavy atom. The quantitative estimate of drug-likeness (QED) is 0.668. The van der Waals surface area contributed by atoms with Gasteiger partial charge in [0.25, 0.3) is 5.91 Å². The van der Waals surface area contributed by atoms with Crippen LogP contribution in [0.2, 0.25) is 0 Å². The van der Waals surface area contributed by atoms with E-state index in [1.165, 1.54) is 0 Å².